The molecule has 122 valence electrons. The first kappa shape index (κ1) is 15.0. The van der Waals surface area contributed by atoms with E-state index >= 15 is 0 Å². The minimum absolute atomic E-state index is 0.312. The predicted molar refractivity (Wildman–Crippen MR) is 91.0 cm³/mol. The average molecular weight is 320 g/mol. The summed E-state index contributed by atoms with van der Waals surface area (Å²) in [4.78, 5) is 4.45. The van der Waals surface area contributed by atoms with E-state index in [0.717, 1.165) is 35.3 Å². The lowest BCUT2D eigenvalue weighted by molar-refractivity contribution is 0.295. The van der Waals surface area contributed by atoms with Crippen molar-refractivity contribution in [2.45, 2.75) is 51.0 Å². The molecule has 1 aliphatic heterocycles. The highest BCUT2D eigenvalue weighted by atomic mass is 15.3. The molecule has 6 nitrogen and oxygen atoms in total. The third-order valence-corrected chi connectivity index (χ3v) is 5.15. The van der Waals surface area contributed by atoms with E-state index in [1.54, 1.807) is 6.20 Å². The molecule has 0 bridgehead atoms. The van der Waals surface area contributed by atoms with Gasteiger partial charge in [0.25, 0.3) is 0 Å². The summed E-state index contributed by atoms with van der Waals surface area (Å²) < 4.78 is 2.06. The van der Waals surface area contributed by atoms with Gasteiger partial charge in [0, 0.05) is 36.4 Å². The van der Waals surface area contributed by atoms with Crippen molar-refractivity contribution in [1.29, 1.82) is 5.26 Å². The topological polar surface area (TPSA) is 79.8 Å². The molecule has 0 unspecified atom stereocenters. The fraction of sp³-hybridized carbons (Fsp3) is 0.500. The molecule has 0 amide bonds. The fourth-order valence-electron chi connectivity index (χ4n) is 3.93. The Morgan fingerprint density at radius 3 is 3.00 bits per heavy atom. The molecular weight excluding hydrogens is 300 g/mol. The van der Waals surface area contributed by atoms with Crippen molar-refractivity contribution in [1.82, 2.24) is 20.0 Å². The van der Waals surface area contributed by atoms with Crippen molar-refractivity contribution in [3.05, 3.63) is 24.3 Å². The molecule has 6 heteroatoms. The summed E-state index contributed by atoms with van der Waals surface area (Å²) in [7, 11) is 0. The van der Waals surface area contributed by atoms with Crippen LogP contribution in [0.2, 0.25) is 0 Å². The summed E-state index contributed by atoms with van der Waals surface area (Å²) in [5, 5.41) is 21.9. The summed E-state index contributed by atoms with van der Waals surface area (Å²) in [5.74, 6) is 0.630. The van der Waals surface area contributed by atoms with E-state index < -0.39 is 0 Å². The molecule has 0 radical (unpaired) electrons. The van der Waals surface area contributed by atoms with Crippen LogP contribution < -0.4 is 0 Å². The molecular formula is C18H20N6. The lowest BCUT2D eigenvalue weighted by Gasteiger charge is -2.23. The van der Waals surface area contributed by atoms with Crippen LogP contribution in [-0.4, -0.2) is 26.2 Å². The Labute approximate surface area is 141 Å². The van der Waals surface area contributed by atoms with Crippen LogP contribution in [0.5, 0.6) is 0 Å². The Morgan fingerprint density at radius 1 is 1.29 bits per heavy atom. The quantitative estimate of drug-likeness (QED) is 0.842. The summed E-state index contributed by atoms with van der Waals surface area (Å²) in [6, 6.07) is 2.60. The van der Waals surface area contributed by atoms with Crippen LogP contribution in [0.15, 0.2) is 23.6 Å². The van der Waals surface area contributed by atoms with Gasteiger partial charge in [-0.25, -0.2) is 0 Å². The zero-order chi connectivity index (χ0) is 16.4. The van der Waals surface area contributed by atoms with Gasteiger partial charge >= 0.3 is 0 Å². The molecule has 1 fully saturated rings. The Bertz CT molecular complexity index is 794. The summed E-state index contributed by atoms with van der Waals surface area (Å²) in [6.07, 6.45) is 14.9. The molecule has 0 saturated heterocycles. The molecule has 0 N–H and O–H groups in total. The smallest absolute Gasteiger partial charge is 0.0958 e. The van der Waals surface area contributed by atoms with Crippen LogP contribution in [0.1, 0.15) is 50.3 Å². The zero-order valence-corrected chi connectivity index (χ0v) is 13.6. The van der Waals surface area contributed by atoms with E-state index in [0.29, 0.717) is 18.4 Å². The molecule has 3 heterocycles. The van der Waals surface area contributed by atoms with Gasteiger partial charge in [0.15, 0.2) is 0 Å². The van der Waals surface area contributed by atoms with Crippen LogP contribution >= 0.6 is 0 Å². The van der Waals surface area contributed by atoms with Gasteiger partial charge in [0.1, 0.15) is 0 Å². The average Bonchev–Trinajstić information content (AvgIpc) is 3.36. The van der Waals surface area contributed by atoms with Crippen LogP contribution in [0, 0.1) is 17.2 Å². The van der Waals surface area contributed by atoms with E-state index in [1.165, 1.54) is 25.7 Å². The van der Waals surface area contributed by atoms with Crippen molar-refractivity contribution >= 4 is 11.9 Å². The number of aliphatic imine (C=N–C) groups is 1. The van der Waals surface area contributed by atoms with E-state index in [-0.39, 0.29) is 0 Å². The molecule has 0 spiro atoms. The van der Waals surface area contributed by atoms with Gasteiger partial charge in [-0.15, -0.1) is 0 Å². The minimum Gasteiger partial charge on any atom is -0.269 e. The van der Waals surface area contributed by atoms with Gasteiger partial charge in [0.2, 0.25) is 0 Å². The van der Waals surface area contributed by atoms with Crippen molar-refractivity contribution in [3.63, 3.8) is 0 Å². The normalized spacial score (nSPS) is 17.8. The van der Waals surface area contributed by atoms with Gasteiger partial charge in [-0.3, -0.25) is 9.67 Å². The predicted octanol–water partition coefficient (Wildman–Crippen LogP) is 3.63. The lowest BCUT2D eigenvalue weighted by atomic mass is 9.94. The number of nitriles is 1. The Balaban J connectivity index is 1.65. The molecule has 0 aromatic carbocycles. The van der Waals surface area contributed by atoms with Crippen LogP contribution in [-0.2, 0) is 6.42 Å². The zero-order valence-electron chi connectivity index (χ0n) is 13.6. The largest absolute Gasteiger partial charge is 0.269 e. The Hall–Kier alpha value is -2.55. The van der Waals surface area contributed by atoms with Crippen LogP contribution in [0.3, 0.4) is 0 Å². The summed E-state index contributed by atoms with van der Waals surface area (Å²) >= 11 is 0. The van der Waals surface area contributed by atoms with Gasteiger partial charge < -0.3 is 0 Å². The van der Waals surface area contributed by atoms with E-state index in [1.807, 2.05) is 12.4 Å². The van der Waals surface area contributed by atoms with Crippen LogP contribution in [0.25, 0.3) is 11.1 Å². The van der Waals surface area contributed by atoms with Gasteiger partial charge in [-0.05, 0) is 25.2 Å². The molecule has 1 aliphatic carbocycles. The first-order valence-corrected chi connectivity index (χ1v) is 8.65. The number of nitrogens with zero attached hydrogens (tertiary/aromatic N) is 6. The SMILES string of the molecule is N#CCC[C@H](C1CCCC1)n1cc(-c2cnnc3c2N=CC3)cn1. The second-order valence-corrected chi connectivity index (χ2v) is 6.59. The highest BCUT2D eigenvalue weighted by Crippen LogP contribution is 2.38. The standard InChI is InChI=1S/C18H20N6/c19-8-3-6-17(13-4-1-2-5-13)24-12-14(10-22-24)15-11-21-23-16-7-9-20-18(15)16/h9-13,17H,1-7H2/t17-/m1/s1. The van der Waals surface area contributed by atoms with Gasteiger partial charge in [-0.2, -0.15) is 20.6 Å². The van der Waals surface area contributed by atoms with E-state index in [4.69, 9.17) is 5.26 Å². The number of hydrogen-bond acceptors (Lipinski definition) is 5. The molecule has 2 aliphatic rings. The summed E-state index contributed by atoms with van der Waals surface area (Å²) in [6.45, 7) is 0. The molecule has 1 atom stereocenters. The van der Waals surface area contributed by atoms with Crippen molar-refractivity contribution in [2.75, 3.05) is 0 Å². The highest BCUT2D eigenvalue weighted by Gasteiger charge is 2.27. The fourth-order valence-corrected chi connectivity index (χ4v) is 3.93. The maximum atomic E-state index is 8.98. The number of rotatable bonds is 5. The maximum Gasteiger partial charge on any atom is 0.0958 e. The summed E-state index contributed by atoms with van der Waals surface area (Å²) in [5.41, 5.74) is 3.86. The van der Waals surface area contributed by atoms with E-state index in [9.17, 15) is 0 Å². The van der Waals surface area contributed by atoms with Crippen molar-refractivity contribution in [3.8, 4) is 17.2 Å². The molecule has 4 rings (SSSR count). The van der Waals surface area contributed by atoms with Crippen molar-refractivity contribution in [2.24, 2.45) is 10.9 Å². The van der Waals surface area contributed by atoms with Gasteiger partial charge in [-0.1, -0.05) is 12.8 Å². The molecule has 1 saturated carbocycles. The Morgan fingerprint density at radius 2 is 2.17 bits per heavy atom. The number of aromatic nitrogens is 4. The van der Waals surface area contributed by atoms with E-state index in [2.05, 4.69) is 37.2 Å². The second-order valence-electron chi connectivity index (χ2n) is 6.59. The molecule has 2 aromatic rings. The molecule has 24 heavy (non-hydrogen) atoms. The minimum atomic E-state index is 0.312. The Kier molecular flexibility index (Phi) is 4.08. The van der Waals surface area contributed by atoms with Crippen molar-refractivity contribution < 1.29 is 0 Å². The second kappa shape index (κ2) is 6.52. The first-order valence-electron chi connectivity index (χ1n) is 8.65. The first-order chi connectivity index (χ1) is 11.9. The third kappa shape index (κ3) is 2.71. The highest BCUT2D eigenvalue weighted by molar-refractivity contribution is 5.84. The molecule has 2 aromatic heterocycles. The van der Waals surface area contributed by atoms with Crippen LogP contribution in [0.4, 0.5) is 5.69 Å². The third-order valence-electron chi connectivity index (χ3n) is 5.15. The monoisotopic (exact) mass is 320 g/mol. The number of fused-ring (bicyclic) bond motifs is 1. The number of hydrogen-bond donors (Lipinski definition) is 0. The maximum absolute atomic E-state index is 8.98. The van der Waals surface area contributed by atoms with Gasteiger partial charge in [0.05, 0.1) is 35.9 Å². The lowest BCUT2D eigenvalue weighted by Crippen LogP contribution is -2.18.